The minimum atomic E-state index is -0.490. The van der Waals surface area contributed by atoms with Gasteiger partial charge in [0, 0.05) is 35.2 Å². The van der Waals surface area contributed by atoms with E-state index in [-0.39, 0.29) is 5.75 Å². The number of hydrogen-bond acceptors (Lipinski definition) is 3. The van der Waals surface area contributed by atoms with Crippen LogP contribution in [0.2, 0.25) is 0 Å². The van der Waals surface area contributed by atoms with Crippen molar-refractivity contribution in [1.29, 1.82) is 0 Å². The van der Waals surface area contributed by atoms with Crippen LogP contribution in [0.25, 0.3) is 22.5 Å². The number of hydrogen-bond donors (Lipinski definition) is 1. The molecule has 28 heavy (non-hydrogen) atoms. The van der Waals surface area contributed by atoms with Crippen LogP contribution in [0.4, 0.5) is 4.39 Å². The lowest BCUT2D eigenvalue weighted by molar-refractivity contribution is 0.469. The molecular formula is C24H27FN2O. The highest BCUT2D eigenvalue weighted by Crippen LogP contribution is 2.26. The van der Waals surface area contributed by atoms with Gasteiger partial charge in [-0.15, -0.1) is 0 Å². The van der Waals surface area contributed by atoms with Gasteiger partial charge in [-0.3, -0.25) is 0 Å². The maximum absolute atomic E-state index is 14.0. The Balaban J connectivity index is 1.59. The summed E-state index contributed by atoms with van der Waals surface area (Å²) in [7, 11) is 0. The van der Waals surface area contributed by atoms with Crippen LogP contribution in [0.3, 0.4) is 0 Å². The topological polar surface area (TPSA) is 46.0 Å². The first-order chi connectivity index (χ1) is 13.7. The molecule has 0 atom stereocenters. The molecule has 0 unspecified atom stereocenters. The van der Waals surface area contributed by atoms with Gasteiger partial charge >= 0.3 is 0 Å². The summed E-state index contributed by atoms with van der Waals surface area (Å²) in [6, 6.07) is 12.4. The molecule has 0 spiro atoms. The van der Waals surface area contributed by atoms with Crippen LogP contribution in [0, 0.1) is 5.82 Å². The molecule has 0 bridgehead atoms. The molecule has 0 saturated heterocycles. The Kier molecular flexibility index (Phi) is 7.12. The number of halogens is 1. The summed E-state index contributed by atoms with van der Waals surface area (Å²) < 4.78 is 14.0. The van der Waals surface area contributed by atoms with E-state index in [1.54, 1.807) is 12.4 Å². The van der Waals surface area contributed by atoms with Gasteiger partial charge in [0.1, 0.15) is 11.6 Å². The number of unbranched alkanes of at least 4 members (excludes halogenated alkanes) is 5. The van der Waals surface area contributed by atoms with E-state index >= 15 is 0 Å². The first-order valence-corrected chi connectivity index (χ1v) is 10.1. The van der Waals surface area contributed by atoms with Gasteiger partial charge in [-0.2, -0.15) is 0 Å². The third-order valence-corrected chi connectivity index (χ3v) is 4.95. The average Bonchev–Trinajstić information content (AvgIpc) is 2.71. The Hall–Kier alpha value is -2.75. The smallest absolute Gasteiger partial charge is 0.159 e. The fourth-order valence-electron chi connectivity index (χ4n) is 3.28. The van der Waals surface area contributed by atoms with Gasteiger partial charge in [0.2, 0.25) is 0 Å². The average molecular weight is 378 g/mol. The molecule has 3 rings (SSSR count). The normalized spacial score (nSPS) is 10.9. The maximum Gasteiger partial charge on any atom is 0.159 e. The number of benzene rings is 2. The van der Waals surface area contributed by atoms with Gasteiger partial charge in [-0.1, -0.05) is 63.3 Å². The predicted octanol–water partition coefficient (Wildman–Crippen LogP) is 6.56. The molecule has 2 aromatic carbocycles. The van der Waals surface area contributed by atoms with Crippen molar-refractivity contribution in [2.75, 3.05) is 0 Å². The zero-order valence-electron chi connectivity index (χ0n) is 16.4. The summed E-state index contributed by atoms with van der Waals surface area (Å²) in [5.41, 5.74) is 3.24. The van der Waals surface area contributed by atoms with Crippen LogP contribution in [0.15, 0.2) is 54.9 Å². The summed E-state index contributed by atoms with van der Waals surface area (Å²) in [6.07, 6.45) is 12.1. The first-order valence-electron chi connectivity index (χ1n) is 10.1. The van der Waals surface area contributed by atoms with Crippen molar-refractivity contribution in [2.24, 2.45) is 0 Å². The van der Waals surface area contributed by atoms with Crippen molar-refractivity contribution in [3.8, 4) is 28.3 Å². The van der Waals surface area contributed by atoms with Gasteiger partial charge in [-0.05, 0) is 30.5 Å². The van der Waals surface area contributed by atoms with E-state index in [0.29, 0.717) is 17.0 Å². The van der Waals surface area contributed by atoms with Gasteiger partial charge < -0.3 is 5.11 Å². The molecule has 0 aliphatic heterocycles. The van der Waals surface area contributed by atoms with E-state index in [2.05, 4.69) is 29.0 Å². The second-order valence-electron chi connectivity index (χ2n) is 7.17. The van der Waals surface area contributed by atoms with Crippen molar-refractivity contribution in [1.82, 2.24) is 9.97 Å². The Morgan fingerprint density at radius 3 is 2.18 bits per heavy atom. The fourth-order valence-corrected chi connectivity index (χ4v) is 3.28. The lowest BCUT2D eigenvalue weighted by Gasteiger charge is -2.06. The Morgan fingerprint density at radius 2 is 1.50 bits per heavy atom. The van der Waals surface area contributed by atoms with Crippen LogP contribution < -0.4 is 0 Å². The fraction of sp³-hybridized carbons (Fsp3) is 0.333. The van der Waals surface area contributed by atoms with E-state index in [4.69, 9.17) is 0 Å². The second kappa shape index (κ2) is 9.98. The largest absolute Gasteiger partial charge is 0.508 e. The highest BCUT2D eigenvalue weighted by atomic mass is 19.1. The third-order valence-electron chi connectivity index (χ3n) is 4.95. The summed E-state index contributed by atoms with van der Waals surface area (Å²) in [4.78, 5) is 8.76. The van der Waals surface area contributed by atoms with Crippen LogP contribution >= 0.6 is 0 Å². The predicted molar refractivity (Wildman–Crippen MR) is 112 cm³/mol. The van der Waals surface area contributed by atoms with Crippen LogP contribution in [-0.2, 0) is 6.42 Å². The summed E-state index contributed by atoms with van der Waals surface area (Å²) >= 11 is 0. The quantitative estimate of drug-likeness (QED) is 0.429. The van der Waals surface area contributed by atoms with Gasteiger partial charge in [0.15, 0.2) is 5.82 Å². The SMILES string of the molecule is CCCCCCCCc1ccc(-c2ncc(-c3ccc(O)cc3F)cn2)cc1. The molecule has 0 fully saturated rings. The molecule has 1 heterocycles. The number of nitrogens with zero attached hydrogens (tertiary/aromatic N) is 2. The third kappa shape index (κ3) is 5.38. The molecule has 0 aliphatic rings. The lowest BCUT2D eigenvalue weighted by atomic mass is 10.0. The summed E-state index contributed by atoms with van der Waals surface area (Å²) in [5, 5.41) is 9.33. The van der Waals surface area contributed by atoms with Crippen molar-refractivity contribution in [3.63, 3.8) is 0 Å². The molecule has 146 valence electrons. The summed E-state index contributed by atoms with van der Waals surface area (Å²) in [5.74, 6) is 0.0317. The zero-order chi connectivity index (χ0) is 19.8. The monoisotopic (exact) mass is 378 g/mol. The second-order valence-corrected chi connectivity index (χ2v) is 7.17. The van der Waals surface area contributed by atoms with Crippen molar-refractivity contribution in [3.05, 3.63) is 66.2 Å². The lowest BCUT2D eigenvalue weighted by Crippen LogP contribution is -1.92. The molecule has 0 radical (unpaired) electrons. The van der Waals surface area contributed by atoms with Crippen LogP contribution in [-0.4, -0.2) is 15.1 Å². The molecule has 1 N–H and O–H groups in total. The molecule has 3 aromatic rings. The molecule has 0 saturated carbocycles. The van der Waals surface area contributed by atoms with Crippen LogP contribution in [0.1, 0.15) is 51.0 Å². The Bertz CT molecular complexity index is 876. The number of aromatic hydroxyl groups is 1. The molecule has 3 nitrogen and oxygen atoms in total. The van der Waals surface area contributed by atoms with E-state index in [0.717, 1.165) is 18.1 Å². The van der Waals surface area contributed by atoms with Gasteiger partial charge in [0.25, 0.3) is 0 Å². The zero-order valence-corrected chi connectivity index (χ0v) is 16.4. The Morgan fingerprint density at radius 1 is 0.821 bits per heavy atom. The Labute approximate surface area is 166 Å². The minimum Gasteiger partial charge on any atom is -0.508 e. The summed E-state index contributed by atoms with van der Waals surface area (Å²) in [6.45, 7) is 2.24. The number of phenolic OH excluding ortho intramolecular Hbond substituents is 1. The van der Waals surface area contributed by atoms with Crippen molar-refractivity contribution < 1.29 is 9.50 Å². The number of aryl methyl sites for hydroxylation is 1. The molecule has 0 amide bonds. The van der Waals surface area contributed by atoms with Crippen LogP contribution in [0.5, 0.6) is 5.75 Å². The first kappa shape index (κ1) is 20.0. The van der Waals surface area contributed by atoms with Crippen molar-refractivity contribution in [2.45, 2.75) is 51.9 Å². The standard InChI is InChI=1S/C24H27FN2O/c1-2-3-4-5-6-7-8-18-9-11-19(12-10-18)24-26-16-20(17-27-24)22-14-13-21(28)15-23(22)25/h9-17,28H,2-8H2,1H3. The molecule has 0 aliphatic carbocycles. The molecule has 1 aromatic heterocycles. The maximum atomic E-state index is 14.0. The van der Waals surface area contributed by atoms with E-state index in [9.17, 15) is 9.50 Å². The van der Waals surface area contributed by atoms with E-state index in [1.165, 1.54) is 56.2 Å². The van der Waals surface area contributed by atoms with E-state index < -0.39 is 5.82 Å². The minimum absolute atomic E-state index is 0.0974. The van der Waals surface area contributed by atoms with Gasteiger partial charge in [-0.25, -0.2) is 14.4 Å². The highest BCUT2D eigenvalue weighted by Gasteiger charge is 2.08. The van der Waals surface area contributed by atoms with Gasteiger partial charge in [0.05, 0.1) is 0 Å². The highest BCUT2D eigenvalue weighted by molar-refractivity contribution is 5.65. The van der Waals surface area contributed by atoms with E-state index in [1.807, 2.05) is 12.1 Å². The molecular weight excluding hydrogens is 351 g/mol. The number of phenols is 1. The number of aromatic nitrogens is 2. The number of rotatable bonds is 9. The molecule has 4 heteroatoms. The van der Waals surface area contributed by atoms with Crippen molar-refractivity contribution >= 4 is 0 Å².